The summed E-state index contributed by atoms with van der Waals surface area (Å²) >= 11 is 0. The number of nitrogens with one attached hydrogen (secondary N) is 2. The van der Waals surface area contributed by atoms with Gasteiger partial charge in [-0.05, 0) is 31.0 Å². The van der Waals surface area contributed by atoms with Crippen LogP contribution in [0.2, 0.25) is 0 Å². The van der Waals surface area contributed by atoms with Crippen LogP contribution < -0.4 is 10.6 Å². The maximum Gasteiger partial charge on any atom is 0.325 e. The average molecular weight is 408 g/mol. The van der Waals surface area contributed by atoms with Gasteiger partial charge in [-0.2, -0.15) is 0 Å². The molecule has 2 aliphatic heterocycles. The van der Waals surface area contributed by atoms with Gasteiger partial charge in [0, 0.05) is 22.4 Å². The maximum atomic E-state index is 12.5. The van der Waals surface area contributed by atoms with E-state index in [1.165, 1.54) is 7.11 Å². The molecule has 156 valence electrons. The van der Waals surface area contributed by atoms with Crippen molar-refractivity contribution < 1.29 is 24.2 Å². The van der Waals surface area contributed by atoms with E-state index in [9.17, 15) is 14.7 Å². The summed E-state index contributed by atoms with van der Waals surface area (Å²) < 4.78 is 10.6. The van der Waals surface area contributed by atoms with E-state index >= 15 is 0 Å². The number of para-hydroxylation sites is 1. The summed E-state index contributed by atoms with van der Waals surface area (Å²) in [6.07, 6.45) is 1.62. The van der Waals surface area contributed by atoms with Crippen LogP contribution in [-0.2, 0) is 32.1 Å². The Morgan fingerprint density at radius 3 is 2.90 bits per heavy atom. The smallest absolute Gasteiger partial charge is 0.325 e. The predicted octanol–water partition coefficient (Wildman–Crippen LogP) is 2.09. The summed E-state index contributed by atoms with van der Waals surface area (Å²) in [5, 5.41) is 15.1. The van der Waals surface area contributed by atoms with Crippen LogP contribution in [0.25, 0.3) is 11.3 Å². The molecule has 0 aliphatic carbocycles. The van der Waals surface area contributed by atoms with Gasteiger partial charge in [0.1, 0.15) is 18.4 Å². The second-order valence-corrected chi connectivity index (χ2v) is 7.30. The second-order valence-electron chi connectivity index (χ2n) is 7.30. The molecule has 2 heterocycles. The Kier molecular flexibility index (Phi) is 5.83. The Hall–Kier alpha value is -3.16. The highest BCUT2D eigenvalue weighted by molar-refractivity contribution is 6.36. The molecule has 2 aromatic carbocycles. The monoisotopic (exact) mass is 408 g/mol. The molecule has 0 saturated heterocycles. The molecule has 0 spiro atoms. The fourth-order valence-corrected chi connectivity index (χ4v) is 3.85. The minimum absolute atomic E-state index is 0.141. The average Bonchev–Trinajstić information content (AvgIpc) is 3.32. The lowest BCUT2D eigenvalue weighted by Crippen LogP contribution is -2.41. The number of fused-ring (bicyclic) bond motifs is 2. The highest BCUT2D eigenvalue weighted by Crippen LogP contribution is 2.41. The number of anilines is 1. The fourth-order valence-electron chi connectivity index (χ4n) is 3.85. The summed E-state index contributed by atoms with van der Waals surface area (Å²) in [6.45, 7) is 0.724. The van der Waals surface area contributed by atoms with E-state index < -0.39 is 12.0 Å². The third kappa shape index (κ3) is 3.81. The number of carbonyl (C=O) groups excluding carboxylic acids is 2. The zero-order valence-corrected chi connectivity index (χ0v) is 16.7. The molecule has 30 heavy (non-hydrogen) atoms. The van der Waals surface area contributed by atoms with Crippen LogP contribution in [-0.4, -0.2) is 43.3 Å². The molecule has 0 saturated carbocycles. The Labute approximate surface area is 174 Å². The number of aliphatic hydroxyl groups is 1. The summed E-state index contributed by atoms with van der Waals surface area (Å²) in [5.74, 6) is 0.0213. The number of methoxy groups -OCH3 is 1. The van der Waals surface area contributed by atoms with Crippen molar-refractivity contribution in [2.75, 3.05) is 25.6 Å². The van der Waals surface area contributed by atoms with Crippen molar-refractivity contribution in [1.82, 2.24) is 5.32 Å². The predicted molar refractivity (Wildman–Crippen MR) is 112 cm³/mol. The Morgan fingerprint density at radius 1 is 1.27 bits per heavy atom. The largest absolute Gasteiger partial charge is 0.487 e. The standard InChI is InChI=1S/C23H24N2O5/c1-29-23(28)19(12-26)24-10-4-5-14-8-9-16-15(11-14)13-30-21(16)20-17-6-2-3-7-18(17)25-22(20)27/h2-3,6-9,11,19,24,26H,4-5,10,12-13H2,1H3,(H,25,27)/b21-20+/t19-/m1/s1. The van der Waals surface area contributed by atoms with Gasteiger partial charge in [0.15, 0.2) is 0 Å². The zero-order valence-electron chi connectivity index (χ0n) is 16.7. The highest BCUT2D eigenvalue weighted by Gasteiger charge is 2.32. The molecule has 2 aromatic rings. The quantitative estimate of drug-likeness (QED) is 0.369. The van der Waals surface area contributed by atoms with Gasteiger partial charge in [0.25, 0.3) is 5.91 Å². The van der Waals surface area contributed by atoms with Gasteiger partial charge in [-0.15, -0.1) is 0 Å². The summed E-state index contributed by atoms with van der Waals surface area (Å²) in [7, 11) is 1.30. The molecule has 4 rings (SSSR count). The second kappa shape index (κ2) is 8.69. The van der Waals surface area contributed by atoms with E-state index in [-0.39, 0.29) is 12.5 Å². The van der Waals surface area contributed by atoms with Crippen LogP contribution in [0.4, 0.5) is 5.69 Å². The van der Waals surface area contributed by atoms with Crippen molar-refractivity contribution in [1.29, 1.82) is 0 Å². The normalized spacial score (nSPS) is 17.7. The van der Waals surface area contributed by atoms with Gasteiger partial charge in [-0.3, -0.25) is 9.59 Å². The molecule has 0 bridgehead atoms. The molecular formula is C23H24N2O5. The van der Waals surface area contributed by atoms with E-state index in [0.29, 0.717) is 24.5 Å². The molecule has 3 N–H and O–H groups in total. The van der Waals surface area contributed by atoms with Crippen LogP contribution in [0.1, 0.15) is 28.7 Å². The third-order valence-corrected chi connectivity index (χ3v) is 5.39. The zero-order chi connectivity index (χ0) is 21.1. The van der Waals surface area contributed by atoms with Crippen LogP contribution in [0.15, 0.2) is 42.5 Å². The van der Waals surface area contributed by atoms with E-state index in [1.54, 1.807) is 0 Å². The molecule has 0 radical (unpaired) electrons. The Bertz CT molecular complexity index is 1010. The minimum Gasteiger partial charge on any atom is -0.487 e. The number of hydrogen-bond donors (Lipinski definition) is 3. The number of hydrogen-bond acceptors (Lipinski definition) is 6. The van der Waals surface area contributed by atoms with Gasteiger partial charge >= 0.3 is 5.97 Å². The maximum absolute atomic E-state index is 12.5. The van der Waals surface area contributed by atoms with Gasteiger partial charge in [-0.1, -0.05) is 36.4 Å². The number of rotatable bonds is 7. The van der Waals surface area contributed by atoms with Gasteiger partial charge < -0.3 is 25.2 Å². The van der Waals surface area contributed by atoms with E-state index in [2.05, 4.69) is 21.4 Å². The van der Waals surface area contributed by atoms with E-state index in [1.807, 2.05) is 36.4 Å². The van der Waals surface area contributed by atoms with E-state index in [4.69, 9.17) is 4.74 Å². The number of aryl methyl sites for hydroxylation is 1. The first-order chi connectivity index (χ1) is 14.6. The van der Waals surface area contributed by atoms with Crippen molar-refractivity contribution >= 4 is 28.9 Å². The van der Waals surface area contributed by atoms with Crippen LogP contribution in [0.3, 0.4) is 0 Å². The highest BCUT2D eigenvalue weighted by atomic mass is 16.5. The number of esters is 1. The number of amides is 1. The number of benzene rings is 2. The van der Waals surface area contributed by atoms with Gasteiger partial charge in [-0.25, -0.2) is 0 Å². The summed E-state index contributed by atoms with van der Waals surface area (Å²) in [4.78, 5) is 24.0. The van der Waals surface area contributed by atoms with Crippen molar-refractivity contribution in [3.05, 3.63) is 64.7 Å². The van der Waals surface area contributed by atoms with Gasteiger partial charge in [0.05, 0.1) is 19.3 Å². The lowest BCUT2D eigenvalue weighted by atomic mass is 9.98. The van der Waals surface area contributed by atoms with Gasteiger partial charge in [0.2, 0.25) is 0 Å². The first-order valence-electron chi connectivity index (χ1n) is 9.94. The third-order valence-electron chi connectivity index (χ3n) is 5.39. The topological polar surface area (TPSA) is 96.9 Å². The minimum atomic E-state index is -0.696. The first-order valence-corrected chi connectivity index (χ1v) is 9.94. The molecular weight excluding hydrogens is 384 g/mol. The number of ether oxygens (including phenoxy) is 2. The molecule has 0 fully saturated rings. The molecule has 0 unspecified atom stereocenters. The molecule has 1 atom stereocenters. The Morgan fingerprint density at radius 2 is 2.10 bits per heavy atom. The molecule has 7 heteroatoms. The van der Waals surface area contributed by atoms with Crippen LogP contribution in [0.5, 0.6) is 0 Å². The molecule has 1 amide bonds. The lowest BCUT2D eigenvalue weighted by molar-refractivity contribution is -0.144. The van der Waals surface area contributed by atoms with Crippen molar-refractivity contribution in [3.63, 3.8) is 0 Å². The molecule has 7 nitrogen and oxygen atoms in total. The summed E-state index contributed by atoms with van der Waals surface area (Å²) in [6, 6.07) is 13.1. The van der Waals surface area contributed by atoms with Crippen molar-refractivity contribution in [2.45, 2.75) is 25.5 Å². The molecule has 0 aromatic heterocycles. The number of aliphatic hydroxyl groups excluding tert-OH is 1. The van der Waals surface area contributed by atoms with Crippen molar-refractivity contribution in [2.24, 2.45) is 0 Å². The molecule has 2 aliphatic rings. The van der Waals surface area contributed by atoms with Crippen molar-refractivity contribution in [3.8, 4) is 0 Å². The lowest BCUT2D eigenvalue weighted by Gasteiger charge is -2.13. The van der Waals surface area contributed by atoms with Crippen LogP contribution in [0, 0.1) is 0 Å². The Balaban J connectivity index is 1.45. The van der Waals surface area contributed by atoms with Crippen LogP contribution >= 0.6 is 0 Å². The fraction of sp³-hybridized carbons (Fsp3) is 0.304. The summed E-state index contributed by atoms with van der Waals surface area (Å²) in [5.41, 5.74) is 5.41. The first kappa shape index (κ1) is 20.1. The van der Waals surface area contributed by atoms with E-state index in [0.717, 1.165) is 40.8 Å². The SMILES string of the molecule is COC(=O)[C@@H](CO)NCCCc1ccc2c(c1)CO/C2=C1/C(=O)Nc2ccccc21. The number of carbonyl (C=O) groups is 2.